The van der Waals surface area contributed by atoms with Crippen LogP contribution in [0, 0.1) is 6.92 Å². The average molecular weight is 281 g/mol. The van der Waals surface area contributed by atoms with Crippen LogP contribution in [0.5, 0.6) is 5.75 Å². The summed E-state index contributed by atoms with van der Waals surface area (Å²) in [7, 11) is 0. The fraction of sp³-hybridized carbons (Fsp3) is 0.333. The minimum absolute atomic E-state index is 0.0144. The van der Waals surface area contributed by atoms with Crippen LogP contribution in [0.2, 0.25) is 0 Å². The second-order valence-electron chi connectivity index (χ2n) is 3.88. The zero-order chi connectivity index (χ0) is 12.8. The number of aromatic nitrogens is 2. The molecule has 0 aliphatic heterocycles. The first-order valence-corrected chi connectivity index (χ1v) is 7.43. The Bertz CT molecular complexity index is 476. The number of thioether (sulfide) groups is 1. The summed E-state index contributed by atoms with van der Waals surface area (Å²) in [6, 6.07) is 1.94. The molecule has 6 heteroatoms. The van der Waals surface area contributed by atoms with Crippen molar-refractivity contribution in [1.29, 1.82) is 0 Å². The van der Waals surface area contributed by atoms with Crippen molar-refractivity contribution in [2.45, 2.75) is 17.3 Å². The van der Waals surface area contributed by atoms with Crippen LogP contribution in [0.4, 0.5) is 0 Å². The van der Waals surface area contributed by atoms with E-state index in [0.717, 1.165) is 21.4 Å². The van der Waals surface area contributed by atoms with Crippen molar-refractivity contribution in [1.82, 2.24) is 9.97 Å². The summed E-state index contributed by atoms with van der Waals surface area (Å²) in [6.45, 7) is 2.47. The van der Waals surface area contributed by atoms with Gasteiger partial charge in [-0.3, -0.25) is 4.98 Å². The predicted octanol–water partition coefficient (Wildman–Crippen LogP) is 2.34. The van der Waals surface area contributed by atoms with E-state index in [1.165, 1.54) is 0 Å². The summed E-state index contributed by atoms with van der Waals surface area (Å²) in [5, 5.41) is 1.96. The molecule has 0 aliphatic rings. The van der Waals surface area contributed by atoms with Crippen molar-refractivity contribution in [3.8, 4) is 5.75 Å². The predicted molar refractivity (Wildman–Crippen MR) is 75.3 cm³/mol. The zero-order valence-electron chi connectivity index (χ0n) is 10.1. The lowest BCUT2D eigenvalue weighted by Gasteiger charge is -2.12. The minimum atomic E-state index is -0.0144. The summed E-state index contributed by atoms with van der Waals surface area (Å²) < 4.78 is 6.64. The standard InChI is InChI=1S/C12H15N3OS2/c1-9-4-11(6-14-5-9)16-7-10(13)8-18-12-15-2-3-17-12/h2-6,10H,7-8,13H2,1H3. The van der Waals surface area contributed by atoms with Crippen LogP contribution in [0.15, 0.2) is 34.4 Å². The maximum absolute atomic E-state index is 5.99. The third kappa shape index (κ3) is 4.29. The molecule has 2 rings (SSSR count). The molecule has 2 aromatic rings. The number of pyridine rings is 1. The summed E-state index contributed by atoms with van der Waals surface area (Å²) >= 11 is 3.29. The zero-order valence-corrected chi connectivity index (χ0v) is 11.7. The van der Waals surface area contributed by atoms with Crippen molar-refractivity contribution >= 4 is 23.1 Å². The van der Waals surface area contributed by atoms with Gasteiger partial charge in [-0.25, -0.2) is 4.98 Å². The molecule has 0 aliphatic carbocycles. The topological polar surface area (TPSA) is 61.0 Å². The minimum Gasteiger partial charge on any atom is -0.490 e. The fourth-order valence-electron chi connectivity index (χ4n) is 1.32. The van der Waals surface area contributed by atoms with Crippen molar-refractivity contribution in [3.05, 3.63) is 35.6 Å². The lowest BCUT2D eigenvalue weighted by Crippen LogP contribution is -2.30. The second-order valence-corrected chi connectivity index (χ2v) is 6.04. The number of rotatable bonds is 6. The van der Waals surface area contributed by atoms with E-state index in [2.05, 4.69) is 9.97 Å². The lowest BCUT2D eigenvalue weighted by molar-refractivity contribution is 0.296. The monoisotopic (exact) mass is 281 g/mol. The molecular weight excluding hydrogens is 266 g/mol. The van der Waals surface area contributed by atoms with Gasteiger partial charge in [-0.05, 0) is 18.6 Å². The number of nitrogens with two attached hydrogens (primary N) is 1. The van der Waals surface area contributed by atoms with E-state index >= 15 is 0 Å². The van der Waals surface area contributed by atoms with Crippen LogP contribution in [0.1, 0.15) is 5.56 Å². The molecule has 1 unspecified atom stereocenters. The van der Waals surface area contributed by atoms with Gasteiger partial charge in [0.1, 0.15) is 16.7 Å². The molecule has 0 saturated carbocycles. The molecule has 0 saturated heterocycles. The van der Waals surface area contributed by atoms with Crippen molar-refractivity contribution in [3.63, 3.8) is 0 Å². The third-order valence-electron chi connectivity index (χ3n) is 2.14. The Balaban J connectivity index is 1.73. The summed E-state index contributed by atoms with van der Waals surface area (Å²) in [5.41, 5.74) is 7.07. The lowest BCUT2D eigenvalue weighted by atomic mass is 10.3. The molecule has 4 nitrogen and oxygen atoms in total. The van der Waals surface area contributed by atoms with Gasteiger partial charge in [0.05, 0.1) is 6.20 Å². The van der Waals surface area contributed by atoms with Gasteiger partial charge in [-0.2, -0.15) is 0 Å². The first-order valence-electron chi connectivity index (χ1n) is 5.56. The number of thiazole rings is 1. The normalized spacial score (nSPS) is 12.3. The summed E-state index contributed by atoms with van der Waals surface area (Å²) in [6.07, 6.45) is 5.30. The van der Waals surface area contributed by atoms with E-state index in [-0.39, 0.29) is 6.04 Å². The maximum atomic E-state index is 5.99. The summed E-state index contributed by atoms with van der Waals surface area (Å²) in [5.74, 6) is 1.57. The van der Waals surface area contributed by atoms with Crippen molar-refractivity contribution in [2.24, 2.45) is 5.73 Å². The molecule has 0 fully saturated rings. The van der Waals surface area contributed by atoms with E-state index < -0.39 is 0 Å². The molecule has 1 atom stereocenters. The number of hydrogen-bond acceptors (Lipinski definition) is 6. The van der Waals surface area contributed by atoms with Crippen LogP contribution in [-0.2, 0) is 0 Å². The molecule has 18 heavy (non-hydrogen) atoms. The van der Waals surface area contributed by atoms with Crippen LogP contribution in [0.25, 0.3) is 0 Å². The average Bonchev–Trinajstić information content (AvgIpc) is 2.87. The fourth-order valence-corrected chi connectivity index (χ4v) is 2.91. The molecule has 0 aromatic carbocycles. The Morgan fingerprint density at radius 2 is 2.39 bits per heavy atom. The Morgan fingerprint density at radius 3 is 3.11 bits per heavy atom. The SMILES string of the molecule is Cc1cncc(OCC(N)CSc2nccs2)c1. The highest BCUT2D eigenvalue weighted by atomic mass is 32.2. The first-order chi connectivity index (χ1) is 8.74. The van der Waals surface area contributed by atoms with Gasteiger partial charge in [-0.1, -0.05) is 11.8 Å². The molecule has 0 radical (unpaired) electrons. The van der Waals surface area contributed by atoms with Crippen molar-refractivity contribution < 1.29 is 4.74 Å². The van der Waals surface area contributed by atoms with E-state index in [1.54, 1.807) is 41.7 Å². The third-order valence-corrected chi connectivity index (χ3v) is 4.30. The van der Waals surface area contributed by atoms with Crippen LogP contribution in [0.3, 0.4) is 0 Å². The molecule has 0 spiro atoms. The van der Waals surface area contributed by atoms with Crippen LogP contribution < -0.4 is 10.5 Å². The van der Waals surface area contributed by atoms with Gasteiger partial charge >= 0.3 is 0 Å². The second kappa shape index (κ2) is 6.72. The molecule has 96 valence electrons. The van der Waals surface area contributed by atoms with E-state index in [4.69, 9.17) is 10.5 Å². The van der Waals surface area contributed by atoms with E-state index in [1.807, 2.05) is 18.4 Å². The molecular formula is C12H15N3OS2. The molecule has 0 amide bonds. The maximum Gasteiger partial charge on any atom is 0.149 e. The Labute approximate surface area is 115 Å². The van der Waals surface area contributed by atoms with Gasteiger partial charge < -0.3 is 10.5 Å². The Morgan fingerprint density at radius 1 is 1.50 bits per heavy atom. The highest BCUT2D eigenvalue weighted by molar-refractivity contribution is 8.01. The highest BCUT2D eigenvalue weighted by Gasteiger charge is 2.06. The highest BCUT2D eigenvalue weighted by Crippen LogP contribution is 2.20. The summed E-state index contributed by atoms with van der Waals surface area (Å²) in [4.78, 5) is 8.26. The number of hydrogen-bond donors (Lipinski definition) is 1. The number of nitrogens with zero attached hydrogens (tertiary/aromatic N) is 2. The van der Waals surface area contributed by atoms with Gasteiger partial charge in [-0.15, -0.1) is 11.3 Å². The smallest absolute Gasteiger partial charge is 0.149 e. The Kier molecular flexibility index (Phi) is 4.98. The van der Waals surface area contributed by atoms with Crippen molar-refractivity contribution in [2.75, 3.05) is 12.4 Å². The van der Waals surface area contributed by atoms with Gasteiger partial charge in [0, 0.05) is 29.6 Å². The number of aryl methyl sites for hydroxylation is 1. The molecule has 2 aromatic heterocycles. The van der Waals surface area contributed by atoms with Gasteiger partial charge in [0.25, 0.3) is 0 Å². The molecule has 2 N–H and O–H groups in total. The quantitative estimate of drug-likeness (QED) is 0.824. The van der Waals surface area contributed by atoms with E-state index in [0.29, 0.717) is 6.61 Å². The van der Waals surface area contributed by atoms with E-state index in [9.17, 15) is 0 Å². The Hall–Kier alpha value is -1.11. The van der Waals surface area contributed by atoms with Gasteiger partial charge in [0.15, 0.2) is 0 Å². The molecule has 0 bridgehead atoms. The van der Waals surface area contributed by atoms with Crippen LogP contribution in [-0.4, -0.2) is 28.4 Å². The van der Waals surface area contributed by atoms with Crippen LogP contribution >= 0.6 is 23.1 Å². The molecule has 2 heterocycles. The first kappa shape index (κ1) is 13.3. The largest absolute Gasteiger partial charge is 0.490 e. The van der Waals surface area contributed by atoms with Gasteiger partial charge in [0.2, 0.25) is 0 Å². The number of ether oxygens (including phenoxy) is 1.